The molecule has 0 saturated carbocycles. The van der Waals surface area contributed by atoms with E-state index < -0.39 is 11.9 Å². The molecule has 2 N–H and O–H groups in total. The molecule has 0 aliphatic carbocycles. The Hall–Kier alpha value is -3.37. The fourth-order valence-electron chi connectivity index (χ4n) is 2.68. The van der Waals surface area contributed by atoms with Crippen molar-refractivity contribution < 1.29 is 19.1 Å². The number of fused-ring (bicyclic) bond motifs is 1. The van der Waals surface area contributed by atoms with Crippen LogP contribution in [0.3, 0.4) is 0 Å². The zero-order valence-electron chi connectivity index (χ0n) is 14.5. The first-order valence-electron chi connectivity index (χ1n) is 8.19. The lowest BCUT2D eigenvalue weighted by molar-refractivity contribution is 0.0529. The highest BCUT2D eigenvalue weighted by atomic mass is 32.1. The molecule has 2 aromatic carbocycles. The van der Waals surface area contributed by atoms with Crippen LogP contribution in [-0.2, 0) is 11.3 Å². The summed E-state index contributed by atoms with van der Waals surface area (Å²) < 4.78 is 11.8. The van der Waals surface area contributed by atoms with Crippen LogP contribution >= 0.6 is 11.3 Å². The molecule has 27 heavy (non-hydrogen) atoms. The number of nitrogens with two attached hydrogens (primary N) is 1. The second-order valence-corrected chi connectivity index (χ2v) is 6.65. The lowest BCUT2D eigenvalue weighted by Crippen LogP contribution is -2.10. The first-order chi connectivity index (χ1) is 13.0. The molecule has 7 heteroatoms. The van der Waals surface area contributed by atoms with Gasteiger partial charge in [-0.3, -0.25) is 4.79 Å². The van der Waals surface area contributed by atoms with Crippen LogP contribution in [-0.4, -0.2) is 18.5 Å². The van der Waals surface area contributed by atoms with Gasteiger partial charge in [-0.05, 0) is 43.3 Å². The van der Waals surface area contributed by atoms with Gasteiger partial charge in [0.2, 0.25) is 5.91 Å². The first kappa shape index (κ1) is 18.4. The van der Waals surface area contributed by atoms with E-state index in [0.717, 1.165) is 4.70 Å². The lowest BCUT2D eigenvalue weighted by Gasteiger charge is -2.09. The average Bonchev–Trinajstić information content (AvgIpc) is 3.05. The number of nitrogens with zero attached hydrogens (tertiary/aromatic N) is 1. The Morgan fingerprint density at radius 3 is 2.56 bits per heavy atom. The molecular formula is C20H16N2O4S. The van der Waals surface area contributed by atoms with Gasteiger partial charge in [-0.15, -0.1) is 11.3 Å². The third-order valence-electron chi connectivity index (χ3n) is 3.92. The van der Waals surface area contributed by atoms with E-state index in [0.29, 0.717) is 32.7 Å². The van der Waals surface area contributed by atoms with Crippen molar-refractivity contribution in [2.24, 2.45) is 5.73 Å². The number of benzene rings is 2. The predicted molar refractivity (Wildman–Crippen MR) is 102 cm³/mol. The van der Waals surface area contributed by atoms with Crippen molar-refractivity contribution in [1.29, 1.82) is 5.26 Å². The number of hydrogen-bond donors (Lipinski definition) is 1. The van der Waals surface area contributed by atoms with Crippen molar-refractivity contribution in [2.75, 3.05) is 6.61 Å². The summed E-state index contributed by atoms with van der Waals surface area (Å²) >= 11 is 1.28. The molecule has 0 unspecified atom stereocenters. The Labute approximate surface area is 159 Å². The molecule has 136 valence electrons. The van der Waals surface area contributed by atoms with Gasteiger partial charge in [-0.1, -0.05) is 6.07 Å². The van der Waals surface area contributed by atoms with Crippen LogP contribution in [0.5, 0.6) is 5.75 Å². The number of carbonyl (C=O) groups is 2. The van der Waals surface area contributed by atoms with Crippen molar-refractivity contribution in [3.8, 4) is 11.8 Å². The summed E-state index contributed by atoms with van der Waals surface area (Å²) in [5.74, 6) is -0.442. The maximum Gasteiger partial charge on any atom is 0.348 e. The summed E-state index contributed by atoms with van der Waals surface area (Å²) in [7, 11) is 0. The Bertz CT molecular complexity index is 1050. The van der Waals surface area contributed by atoms with Gasteiger partial charge in [0.25, 0.3) is 0 Å². The minimum atomic E-state index is -0.520. The molecule has 0 aliphatic rings. The second-order valence-electron chi connectivity index (χ2n) is 5.60. The monoisotopic (exact) mass is 380 g/mol. The van der Waals surface area contributed by atoms with E-state index in [4.69, 9.17) is 15.2 Å². The van der Waals surface area contributed by atoms with Gasteiger partial charge in [-0.2, -0.15) is 5.26 Å². The van der Waals surface area contributed by atoms with Crippen LogP contribution in [0.1, 0.15) is 38.1 Å². The van der Waals surface area contributed by atoms with Crippen LogP contribution in [0.15, 0.2) is 42.5 Å². The molecule has 0 fully saturated rings. The summed E-state index contributed by atoms with van der Waals surface area (Å²) in [6.45, 7) is 2.08. The van der Waals surface area contributed by atoms with Crippen LogP contribution < -0.4 is 10.5 Å². The SMILES string of the molecule is CCOC(=O)c1sc2cccc(C#N)c2c1COc1ccc(C(N)=O)cc1. The number of primary amides is 1. The van der Waals surface area contributed by atoms with Crippen LogP contribution in [0.4, 0.5) is 0 Å². The van der Waals surface area contributed by atoms with E-state index in [1.165, 1.54) is 11.3 Å². The summed E-state index contributed by atoms with van der Waals surface area (Å²) in [6.07, 6.45) is 0. The summed E-state index contributed by atoms with van der Waals surface area (Å²) in [6, 6.07) is 13.9. The molecule has 6 nitrogen and oxygen atoms in total. The van der Waals surface area contributed by atoms with Gasteiger partial charge in [0, 0.05) is 21.2 Å². The van der Waals surface area contributed by atoms with Gasteiger partial charge >= 0.3 is 5.97 Å². The van der Waals surface area contributed by atoms with Crippen molar-refractivity contribution in [1.82, 2.24) is 0 Å². The largest absolute Gasteiger partial charge is 0.489 e. The fraction of sp³-hybridized carbons (Fsp3) is 0.150. The van der Waals surface area contributed by atoms with Gasteiger partial charge in [0.05, 0.1) is 18.2 Å². The molecule has 0 saturated heterocycles. The van der Waals surface area contributed by atoms with E-state index in [2.05, 4.69) is 6.07 Å². The van der Waals surface area contributed by atoms with E-state index in [1.807, 2.05) is 6.07 Å². The number of nitriles is 1. The fourth-order valence-corrected chi connectivity index (χ4v) is 3.80. The number of rotatable bonds is 6. The summed E-state index contributed by atoms with van der Waals surface area (Å²) in [4.78, 5) is 23.9. The first-order valence-corrected chi connectivity index (χ1v) is 9.01. The van der Waals surface area contributed by atoms with E-state index in [-0.39, 0.29) is 13.2 Å². The van der Waals surface area contributed by atoms with Gasteiger partial charge in [0.1, 0.15) is 17.2 Å². The van der Waals surface area contributed by atoms with Crippen LogP contribution in [0, 0.1) is 11.3 Å². The lowest BCUT2D eigenvalue weighted by atomic mass is 10.1. The maximum absolute atomic E-state index is 12.4. The standard InChI is InChI=1S/C20H16N2O4S/c1-2-25-20(24)18-15(17-13(10-21)4-3-5-16(17)27-18)11-26-14-8-6-12(7-9-14)19(22)23/h3-9H,2,11H2,1H3,(H2,22,23). The molecular weight excluding hydrogens is 364 g/mol. The van der Waals surface area contributed by atoms with Crippen molar-refractivity contribution in [3.05, 3.63) is 64.0 Å². The van der Waals surface area contributed by atoms with Crippen molar-refractivity contribution in [3.63, 3.8) is 0 Å². The number of hydrogen-bond acceptors (Lipinski definition) is 6. The van der Waals surface area contributed by atoms with Crippen LogP contribution in [0.2, 0.25) is 0 Å². The number of amides is 1. The normalized spacial score (nSPS) is 10.4. The smallest absolute Gasteiger partial charge is 0.348 e. The number of thiophene rings is 1. The van der Waals surface area contributed by atoms with E-state index in [9.17, 15) is 14.9 Å². The Balaban J connectivity index is 1.98. The minimum absolute atomic E-state index is 0.0861. The van der Waals surface area contributed by atoms with Gasteiger partial charge in [0.15, 0.2) is 0 Å². The van der Waals surface area contributed by atoms with Crippen molar-refractivity contribution in [2.45, 2.75) is 13.5 Å². The number of ether oxygens (including phenoxy) is 2. The number of esters is 1. The zero-order chi connectivity index (χ0) is 19.4. The molecule has 3 rings (SSSR count). The van der Waals surface area contributed by atoms with Crippen molar-refractivity contribution >= 4 is 33.3 Å². The third-order valence-corrected chi connectivity index (χ3v) is 5.09. The van der Waals surface area contributed by atoms with Gasteiger partial charge in [-0.25, -0.2) is 4.79 Å². The minimum Gasteiger partial charge on any atom is -0.489 e. The molecule has 1 amide bonds. The molecule has 1 aromatic heterocycles. The molecule has 0 bridgehead atoms. The topological polar surface area (TPSA) is 102 Å². The molecule has 0 atom stereocenters. The second kappa shape index (κ2) is 7.89. The Kier molecular flexibility index (Phi) is 5.38. The van der Waals surface area contributed by atoms with E-state index in [1.54, 1.807) is 43.3 Å². The predicted octanol–water partition coefficient (Wildman–Crippen LogP) is 3.63. The van der Waals surface area contributed by atoms with Crippen LogP contribution in [0.25, 0.3) is 10.1 Å². The highest BCUT2D eigenvalue weighted by Gasteiger charge is 2.22. The average molecular weight is 380 g/mol. The highest BCUT2D eigenvalue weighted by Crippen LogP contribution is 2.35. The molecule has 1 heterocycles. The number of carbonyl (C=O) groups excluding carboxylic acids is 2. The van der Waals surface area contributed by atoms with Gasteiger partial charge < -0.3 is 15.2 Å². The molecule has 3 aromatic rings. The zero-order valence-corrected chi connectivity index (χ0v) is 15.3. The quantitative estimate of drug-likeness (QED) is 0.658. The Morgan fingerprint density at radius 2 is 1.93 bits per heavy atom. The Morgan fingerprint density at radius 1 is 1.19 bits per heavy atom. The van der Waals surface area contributed by atoms with E-state index >= 15 is 0 Å². The summed E-state index contributed by atoms with van der Waals surface area (Å²) in [5, 5.41) is 10.1. The summed E-state index contributed by atoms with van der Waals surface area (Å²) in [5.41, 5.74) is 6.70. The molecule has 0 radical (unpaired) electrons. The molecule has 0 aliphatic heterocycles. The highest BCUT2D eigenvalue weighted by molar-refractivity contribution is 7.21. The molecule has 0 spiro atoms. The third kappa shape index (κ3) is 3.76. The maximum atomic E-state index is 12.4.